The zero-order valence-corrected chi connectivity index (χ0v) is 14.4. The molecule has 0 aliphatic carbocycles. The molecule has 1 saturated heterocycles. The maximum Gasteiger partial charge on any atom is 0.251 e. The van der Waals surface area contributed by atoms with Gasteiger partial charge < -0.3 is 16.0 Å². The van der Waals surface area contributed by atoms with Gasteiger partial charge in [-0.15, -0.1) is 0 Å². The molecule has 0 aromatic heterocycles. The van der Waals surface area contributed by atoms with Crippen molar-refractivity contribution < 1.29 is 9.59 Å². The molecule has 3 rings (SSSR count). The fourth-order valence-electron chi connectivity index (χ4n) is 3.04. The molecule has 0 spiro atoms. The molecule has 130 valence electrons. The van der Waals surface area contributed by atoms with Crippen LogP contribution in [0.3, 0.4) is 0 Å². The molecule has 1 atom stereocenters. The number of rotatable bonds is 5. The van der Waals surface area contributed by atoms with E-state index in [-0.39, 0.29) is 17.9 Å². The van der Waals surface area contributed by atoms with Gasteiger partial charge in [0.2, 0.25) is 5.91 Å². The van der Waals surface area contributed by atoms with Crippen LogP contribution in [-0.2, 0) is 11.3 Å². The second-order valence-electron chi connectivity index (χ2n) is 6.34. The van der Waals surface area contributed by atoms with Crippen molar-refractivity contribution in [2.45, 2.75) is 32.4 Å². The Morgan fingerprint density at radius 1 is 1.24 bits per heavy atom. The SMILES string of the molecule is CC(NC(=O)c1ccc(CN)cc1)c1cccc(N2CCCC2=O)c1. The predicted molar refractivity (Wildman–Crippen MR) is 98.2 cm³/mol. The summed E-state index contributed by atoms with van der Waals surface area (Å²) < 4.78 is 0. The van der Waals surface area contributed by atoms with E-state index in [1.54, 1.807) is 12.1 Å². The molecule has 0 radical (unpaired) electrons. The Bertz CT molecular complexity index is 771. The van der Waals surface area contributed by atoms with Gasteiger partial charge in [0, 0.05) is 30.8 Å². The summed E-state index contributed by atoms with van der Waals surface area (Å²) in [6, 6.07) is 14.9. The largest absolute Gasteiger partial charge is 0.346 e. The lowest BCUT2D eigenvalue weighted by Crippen LogP contribution is -2.27. The number of carbonyl (C=O) groups excluding carboxylic acids is 2. The number of nitrogens with zero attached hydrogens (tertiary/aromatic N) is 1. The first-order chi connectivity index (χ1) is 12.1. The predicted octanol–water partition coefficient (Wildman–Crippen LogP) is 2.76. The van der Waals surface area contributed by atoms with Gasteiger partial charge in [-0.2, -0.15) is 0 Å². The van der Waals surface area contributed by atoms with Crippen LogP contribution in [0.2, 0.25) is 0 Å². The quantitative estimate of drug-likeness (QED) is 0.881. The second kappa shape index (κ2) is 7.49. The van der Waals surface area contributed by atoms with Crippen molar-refractivity contribution in [3.63, 3.8) is 0 Å². The number of hydrogen-bond donors (Lipinski definition) is 2. The number of carbonyl (C=O) groups is 2. The highest BCUT2D eigenvalue weighted by molar-refractivity contribution is 5.96. The maximum absolute atomic E-state index is 12.4. The lowest BCUT2D eigenvalue weighted by Gasteiger charge is -2.19. The van der Waals surface area contributed by atoms with Crippen LogP contribution in [-0.4, -0.2) is 18.4 Å². The van der Waals surface area contributed by atoms with Crippen molar-refractivity contribution in [2.24, 2.45) is 5.73 Å². The molecule has 0 saturated carbocycles. The zero-order valence-electron chi connectivity index (χ0n) is 14.4. The molecule has 2 amide bonds. The fraction of sp³-hybridized carbons (Fsp3) is 0.300. The molecule has 1 aliphatic heterocycles. The van der Waals surface area contributed by atoms with Crippen molar-refractivity contribution >= 4 is 17.5 Å². The monoisotopic (exact) mass is 337 g/mol. The van der Waals surface area contributed by atoms with Crippen LogP contribution in [0.15, 0.2) is 48.5 Å². The third-order valence-electron chi connectivity index (χ3n) is 4.55. The molecule has 1 aliphatic rings. The van der Waals surface area contributed by atoms with Gasteiger partial charge in [-0.3, -0.25) is 9.59 Å². The first-order valence-electron chi connectivity index (χ1n) is 8.58. The van der Waals surface area contributed by atoms with E-state index in [1.807, 2.05) is 48.2 Å². The molecule has 1 unspecified atom stereocenters. The minimum atomic E-state index is -0.153. The molecule has 25 heavy (non-hydrogen) atoms. The molecule has 5 nitrogen and oxygen atoms in total. The second-order valence-corrected chi connectivity index (χ2v) is 6.34. The van der Waals surface area contributed by atoms with Crippen LogP contribution in [0.5, 0.6) is 0 Å². The molecule has 2 aromatic rings. The fourth-order valence-corrected chi connectivity index (χ4v) is 3.04. The first kappa shape index (κ1) is 17.2. The van der Waals surface area contributed by atoms with Crippen LogP contribution < -0.4 is 16.0 Å². The van der Waals surface area contributed by atoms with Gasteiger partial charge in [0.05, 0.1) is 6.04 Å². The van der Waals surface area contributed by atoms with Crippen LogP contribution in [0.25, 0.3) is 0 Å². The lowest BCUT2D eigenvalue weighted by atomic mass is 10.1. The van der Waals surface area contributed by atoms with E-state index in [4.69, 9.17) is 5.73 Å². The smallest absolute Gasteiger partial charge is 0.251 e. The molecular formula is C20H23N3O2. The van der Waals surface area contributed by atoms with E-state index in [1.165, 1.54) is 0 Å². The Morgan fingerprint density at radius 2 is 2.00 bits per heavy atom. The Balaban J connectivity index is 1.71. The van der Waals surface area contributed by atoms with Gasteiger partial charge in [-0.1, -0.05) is 24.3 Å². The van der Waals surface area contributed by atoms with Gasteiger partial charge in [0.25, 0.3) is 5.91 Å². The minimum Gasteiger partial charge on any atom is -0.346 e. The number of amides is 2. The Morgan fingerprint density at radius 3 is 2.64 bits per heavy atom. The van der Waals surface area contributed by atoms with Crippen molar-refractivity contribution in [1.82, 2.24) is 5.32 Å². The number of nitrogens with one attached hydrogen (secondary N) is 1. The zero-order chi connectivity index (χ0) is 17.8. The summed E-state index contributed by atoms with van der Waals surface area (Å²) in [5.74, 6) is 0.0348. The summed E-state index contributed by atoms with van der Waals surface area (Å²) in [6.07, 6.45) is 1.50. The number of anilines is 1. The Kier molecular flexibility index (Phi) is 5.14. The maximum atomic E-state index is 12.4. The summed E-state index contributed by atoms with van der Waals surface area (Å²) >= 11 is 0. The van der Waals surface area contributed by atoms with Crippen LogP contribution in [0.1, 0.15) is 47.3 Å². The van der Waals surface area contributed by atoms with E-state index in [0.717, 1.165) is 29.8 Å². The summed E-state index contributed by atoms with van der Waals surface area (Å²) in [5, 5.41) is 3.01. The normalized spacial score (nSPS) is 15.3. The van der Waals surface area contributed by atoms with Gasteiger partial charge in [-0.25, -0.2) is 0 Å². The van der Waals surface area contributed by atoms with Crippen molar-refractivity contribution in [2.75, 3.05) is 11.4 Å². The third kappa shape index (κ3) is 3.88. The third-order valence-corrected chi connectivity index (χ3v) is 4.55. The highest BCUT2D eigenvalue weighted by atomic mass is 16.2. The highest BCUT2D eigenvalue weighted by Gasteiger charge is 2.22. The molecular weight excluding hydrogens is 314 g/mol. The summed E-state index contributed by atoms with van der Waals surface area (Å²) in [5.41, 5.74) is 9.05. The summed E-state index contributed by atoms with van der Waals surface area (Å²) in [6.45, 7) is 3.16. The molecule has 5 heteroatoms. The van der Waals surface area contributed by atoms with E-state index < -0.39 is 0 Å². The topological polar surface area (TPSA) is 75.4 Å². The van der Waals surface area contributed by atoms with Crippen molar-refractivity contribution in [3.8, 4) is 0 Å². The van der Waals surface area contributed by atoms with Crippen LogP contribution in [0, 0.1) is 0 Å². The standard InChI is InChI=1S/C20H23N3O2/c1-14(22-20(25)16-9-7-15(13-21)8-10-16)17-4-2-5-18(12-17)23-11-3-6-19(23)24/h2,4-5,7-10,12,14H,3,6,11,13,21H2,1H3,(H,22,25). The summed E-state index contributed by atoms with van der Waals surface area (Å²) in [4.78, 5) is 26.1. The van der Waals surface area contributed by atoms with E-state index in [0.29, 0.717) is 18.5 Å². The Labute approximate surface area is 147 Å². The van der Waals surface area contributed by atoms with Crippen LogP contribution >= 0.6 is 0 Å². The van der Waals surface area contributed by atoms with Crippen molar-refractivity contribution in [1.29, 1.82) is 0 Å². The van der Waals surface area contributed by atoms with E-state index in [9.17, 15) is 9.59 Å². The van der Waals surface area contributed by atoms with Crippen LogP contribution in [0.4, 0.5) is 5.69 Å². The molecule has 1 fully saturated rings. The highest BCUT2D eigenvalue weighted by Crippen LogP contribution is 2.25. The van der Waals surface area contributed by atoms with Crippen molar-refractivity contribution in [3.05, 3.63) is 65.2 Å². The van der Waals surface area contributed by atoms with Gasteiger partial charge in [0.15, 0.2) is 0 Å². The number of benzene rings is 2. The number of nitrogens with two attached hydrogens (primary N) is 1. The first-order valence-corrected chi connectivity index (χ1v) is 8.58. The molecule has 3 N–H and O–H groups in total. The van der Waals surface area contributed by atoms with Gasteiger partial charge in [0.1, 0.15) is 0 Å². The molecule has 0 bridgehead atoms. The van der Waals surface area contributed by atoms with Gasteiger partial charge in [-0.05, 0) is 48.7 Å². The Hall–Kier alpha value is -2.66. The summed E-state index contributed by atoms with van der Waals surface area (Å²) in [7, 11) is 0. The average molecular weight is 337 g/mol. The molecule has 1 heterocycles. The average Bonchev–Trinajstić information content (AvgIpc) is 3.07. The van der Waals surface area contributed by atoms with E-state index in [2.05, 4.69) is 5.32 Å². The van der Waals surface area contributed by atoms with Gasteiger partial charge >= 0.3 is 0 Å². The number of hydrogen-bond acceptors (Lipinski definition) is 3. The lowest BCUT2D eigenvalue weighted by molar-refractivity contribution is -0.117. The molecule has 2 aromatic carbocycles. The minimum absolute atomic E-state index is 0.126. The van der Waals surface area contributed by atoms with E-state index >= 15 is 0 Å².